The number of morpholine rings is 1. The molecule has 9 nitrogen and oxygen atoms in total. The SMILES string of the molecule is COc1ccc(S(=O)(=O)N2CCO[C@@H](c3cccc(Nc4ncccn4)n3)C2)cc1C. The van der Waals surface area contributed by atoms with Crippen molar-refractivity contribution in [2.75, 3.05) is 32.1 Å². The molecule has 1 N–H and O–H groups in total. The van der Waals surface area contributed by atoms with E-state index in [4.69, 9.17) is 9.47 Å². The Kier molecular flexibility index (Phi) is 6.12. The van der Waals surface area contributed by atoms with Crippen LogP contribution in [-0.4, -0.2) is 54.5 Å². The molecular formula is C21H23N5O4S. The van der Waals surface area contributed by atoms with E-state index in [1.807, 2.05) is 19.1 Å². The van der Waals surface area contributed by atoms with E-state index in [0.29, 0.717) is 23.2 Å². The predicted molar refractivity (Wildman–Crippen MR) is 115 cm³/mol. The average molecular weight is 442 g/mol. The number of rotatable bonds is 6. The molecule has 10 heteroatoms. The van der Waals surface area contributed by atoms with Crippen molar-refractivity contribution >= 4 is 21.8 Å². The zero-order valence-corrected chi connectivity index (χ0v) is 18.0. The van der Waals surface area contributed by atoms with Gasteiger partial charge in [0, 0.05) is 25.5 Å². The highest BCUT2D eigenvalue weighted by Crippen LogP contribution is 2.28. The molecule has 3 aromatic rings. The van der Waals surface area contributed by atoms with Gasteiger partial charge in [0.1, 0.15) is 17.7 Å². The lowest BCUT2D eigenvalue weighted by Gasteiger charge is -2.32. The Morgan fingerprint density at radius 2 is 1.97 bits per heavy atom. The molecule has 0 aliphatic carbocycles. The van der Waals surface area contributed by atoms with Gasteiger partial charge in [-0.1, -0.05) is 6.07 Å². The number of aryl methyl sites for hydroxylation is 1. The number of hydrogen-bond donors (Lipinski definition) is 1. The second-order valence-electron chi connectivity index (χ2n) is 7.00. The first kappa shape index (κ1) is 21.2. The van der Waals surface area contributed by atoms with Crippen molar-refractivity contribution in [1.82, 2.24) is 19.3 Å². The minimum absolute atomic E-state index is 0.172. The lowest BCUT2D eigenvalue weighted by Crippen LogP contribution is -2.42. The summed E-state index contributed by atoms with van der Waals surface area (Å²) < 4.78 is 38.9. The van der Waals surface area contributed by atoms with Gasteiger partial charge < -0.3 is 14.8 Å². The van der Waals surface area contributed by atoms with E-state index in [0.717, 1.165) is 5.56 Å². The minimum atomic E-state index is -3.67. The van der Waals surface area contributed by atoms with Gasteiger partial charge >= 0.3 is 0 Å². The Morgan fingerprint density at radius 3 is 2.71 bits per heavy atom. The molecule has 0 bridgehead atoms. The number of pyridine rings is 1. The van der Waals surface area contributed by atoms with Gasteiger partial charge in [0.2, 0.25) is 16.0 Å². The molecule has 1 saturated heterocycles. The number of methoxy groups -OCH3 is 1. The van der Waals surface area contributed by atoms with Crippen molar-refractivity contribution in [3.63, 3.8) is 0 Å². The molecule has 0 saturated carbocycles. The molecule has 0 radical (unpaired) electrons. The third kappa shape index (κ3) is 4.66. The third-order valence-corrected chi connectivity index (χ3v) is 6.80. The molecule has 1 fully saturated rings. The Hall–Kier alpha value is -3.08. The number of hydrogen-bond acceptors (Lipinski definition) is 8. The molecule has 1 aromatic carbocycles. The van der Waals surface area contributed by atoms with Crippen molar-refractivity contribution in [3.8, 4) is 5.75 Å². The second-order valence-corrected chi connectivity index (χ2v) is 8.94. The maximum absolute atomic E-state index is 13.2. The minimum Gasteiger partial charge on any atom is -0.496 e. The van der Waals surface area contributed by atoms with Crippen LogP contribution in [0.25, 0.3) is 0 Å². The van der Waals surface area contributed by atoms with Crippen LogP contribution in [0.3, 0.4) is 0 Å². The van der Waals surface area contributed by atoms with E-state index in [1.54, 1.807) is 49.8 Å². The molecule has 3 heterocycles. The Balaban J connectivity index is 1.53. The van der Waals surface area contributed by atoms with Crippen molar-refractivity contribution in [2.45, 2.75) is 17.9 Å². The second kappa shape index (κ2) is 8.96. The summed E-state index contributed by atoms with van der Waals surface area (Å²) >= 11 is 0. The molecule has 0 spiro atoms. The summed E-state index contributed by atoms with van der Waals surface area (Å²) in [6, 6.07) is 12.0. The van der Waals surface area contributed by atoms with Crippen LogP contribution in [0.4, 0.5) is 11.8 Å². The zero-order valence-electron chi connectivity index (χ0n) is 17.2. The van der Waals surface area contributed by atoms with Crippen molar-refractivity contribution in [1.29, 1.82) is 0 Å². The largest absolute Gasteiger partial charge is 0.496 e. The first-order valence-corrected chi connectivity index (χ1v) is 11.2. The fraction of sp³-hybridized carbons (Fsp3) is 0.286. The van der Waals surface area contributed by atoms with Crippen LogP contribution < -0.4 is 10.1 Å². The highest BCUT2D eigenvalue weighted by Gasteiger charge is 2.32. The summed E-state index contributed by atoms with van der Waals surface area (Å²) in [7, 11) is -2.12. The van der Waals surface area contributed by atoms with Crippen LogP contribution >= 0.6 is 0 Å². The monoisotopic (exact) mass is 441 g/mol. The van der Waals surface area contributed by atoms with E-state index >= 15 is 0 Å². The van der Waals surface area contributed by atoms with E-state index in [9.17, 15) is 8.42 Å². The van der Waals surface area contributed by atoms with Crippen molar-refractivity contribution < 1.29 is 17.9 Å². The van der Waals surface area contributed by atoms with Crippen LogP contribution in [0.1, 0.15) is 17.4 Å². The molecule has 4 rings (SSSR count). The molecule has 1 aliphatic heterocycles. The Bertz CT molecular complexity index is 1160. The van der Waals surface area contributed by atoms with Gasteiger partial charge in [0.25, 0.3) is 0 Å². The molecule has 1 atom stereocenters. The van der Waals surface area contributed by atoms with Crippen LogP contribution in [0.15, 0.2) is 59.8 Å². The van der Waals surface area contributed by atoms with Gasteiger partial charge in [-0.3, -0.25) is 0 Å². The summed E-state index contributed by atoms with van der Waals surface area (Å²) in [6.07, 6.45) is 2.78. The first-order chi connectivity index (χ1) is 15.0. The number of anilines is 2. The summed E-state index contributed by atoms with van der Waals surface area (Å²) in [5.74, 6) is 1.63. The molecule has 0 amide bonds. The van der Waals surface area contributed by atoms with Gasteiger partial charge in [-0.2, -0.15) is 4.31 Å². The first-order valence-electron chi connectivity index (χ1n) is 9.75. The van der Waals surface area contributed by atoms with Gasteiger partial charge in [0.15, 0.2) is 0 Å². The molecule has 1 aliphatic rings. The summed E-state index contributed by atoms with van der Waals surface area (Å²) in [6.45, 7) is 2.55. The Morgan fingerprint density at radius 1 is 1.16 bits per heavy atom. The van der Waals surface area contributed by atoms with E-state index in [2.05, 4.69) is 20.3 Å². The zero-order chi connectivity index (χ0) is 21.8. The van der Waals surface area contributed by atoms with E-state index in [1.165, 1.54) is 4.31 Å². The number of benzene rings is 1. The number of ether oxygens (including phenoxy) is 2. The summed E-state index contributed by atoms with van der Waals surface area (Å²) in [4.78, 5) is 13.0. The third-order valence-electron chi connectivity index (χ3n) is 4.94. The predicted octanol–water partition coefficient (Wildman–Crippen LogP) is 2.69. The van der Waals surface area contributed by atoms with Crippen LogP contribution in [0.5, 0.6) is 5.75 Å². The quantitative estimate of drug-likeness (QED) is 0.622. The highest BCUT2D eigenvalue weighted by molar-refractivity contribution is 7.89. The molecular weight excluding hydrogens is 418 g/mol. The van der Waals surface area contributed by atoms with Crippen molar-refractivity contribution in [3.05, 3.63) is 66.1 Å². The molecule has 162 valence electrons. The fourth-order valence-corrected chi connectivity index (χ4v) is 4.87. The van der Waals surface area contributed by atoms with E-state index < -0.39 is 16.1 Å². The molecule has 0 unspecified atom stereocenters. The van der Waals surface area contributed by atoms with Crippen molar-refractivity contribution in [2.24, 2.45) is 0 Å². The topological polar surface area (TPSA) is 107 Å². The summed E-state index contributed by atoms with van der Waals surface area (Å²) in [5.41, 5.74) is 1.39. The molecule has 31 heavy (non-hydrogen) atoms. The lowest BCUT2D eigenvalue weighted by molar-refractivity contribution is -0.00486. The maximum atomic E-state index is 13.2. The number of nitrogens with one attached hydrogen (secondary N) is 1. The van der Waals surface area contributed by atoms with E-state index in [-0.39, 0.29) is 24.6 Å². The average Bonchev–Trinajstić information content (AvgIpc) is 2.80. The number of aromatic nitrogens is 3. The van der Waals surface area contributed by atoms with Gasteiger partial charge in [-0.05, 0) is 48.9 Å². The normalized spacial score (nSPS) is 17.3. The smallest absolute Gasteiger partial charge is 0.243 e. The fourth-order valence-electron chi connectivity index (χ4n) is 3.36. The lowest BCUT2D eigenvalue weighted by atomic mass is 10.2. The highest BCUT2D eigenvalue weighted by atomic mass is 32.2. The number of sulfonamides is 1. The number of nitrogens with zero attached hydrogens (tertiary/aromatic N) is 4. The van der Waals surface area contributed by atoms with Crippen LogP contribution in [0, 0.1) is 6.92 Å². The van der Waals surface area contributed by atoms with Gasteiger partial charge in [-0.25, -0.2) is 23.4 Å². The van der Waals surface area contributed by atoms with Crippen LogP contribution in [0.2, 0.25) is 0 Å². The van der Waals surface area contributed by atoms with Crippen LogP contribution in [-0.2, 0) is 14.8 Å². The standard InChI is InChI=1S/C21H23N5O4S/c1-15-13-16(7-8-18(15)29-2)31(27,28)26-11-12-30-19(14-26)17-5-3-6-20(24-17)25-21-22-9-4-10-23-21/h3-10,13,19H,11-12,14H2,1-2H3,(H,22,23,24,25)/t19-/m1/s1. The molecule has 2 aromatic heterocycles. The summed E-state index contributed by atoms with van der Waals surface area (Å²) in [5, 5.41) is 3.04. The Labute approximate surface area is 181 Å². The van der Waals surface area contributed by atoms with Gasteiger partial charge in [-0.15, -0.1) is 0 Å². The maximum Gasteiger partial charge on any atom is 0.243 e. The van der Waals surface area contributed by atoms with Gasteiger partial charge in [0.05, 0.1) is 24.3 Å².